The van der Waals surface area contributed by atoms with Gasteiger partial charge in [0.1, 0.15) is 11.6 Å². The van der Waals surface area contributed by atoms with E-state index in [9.17, 15) is 4.79 Å². The van der Waals surface area contributed by atoms with Gasteiger partial charge >= 0.3 is 0 Å². The third kappa shape index (κ3) is 4.15. The van der Waals surface area contributed by atoms with Crippen molar-refractivity contribution in [2.75, 3.05) is 37.4 Å². The van der Waals surface area contributed by atoms with E-state index < -0.39 is 0 Å². The highest BCUT2D eigenvalue weighted by Crippen LogP contribution is 2.31. The minimum absolute atomic E-state index is 0.0196. The lowest BCUT2D eigenvalue weighted by Crippen LogP contribution is -2.34. The van der Waals surface area contributed by atoms with Gasteiger partial charge in [-0.3, -0.25) is 4.79 Å². The fourth-order valence-corrected chi connectivity index (χ4v) is 2.41. The van der Waals surface area contributed by atoms with Gasteiger partial charge < -0.3 is 15.5 Å². The van der Waals surface area contributed by atoms with Crippen LogP contribution in [-0.4, -0.2) is 38.1 Å². The normalized spacial score (nSPS) is 11.9. The summed E-state index contributed by atoms with van der Waals surface area (Å²) in [5.74, 6) is 1.01. The number of halogens is 2. The average Bonchev–Trinajstić information content (AvgIpc) is 2.40. The summed E-state index contributed by atoms with van der Waals surface area (Å²) < 4.78 is 0. The largest absolute Gasteiger partial charge is 0.369 e. The number of aromatic nitrogens is 1. The predicted octanol–water partition coefficient (Wildman–Crippen LogP) is 2.64. The van der Waals surface area contributed by atoms with E-state index in [4.69, 9.17) is 23.2 Å². The number of nitrogens with one attached hydrogen (secondary N) is 2. The van der Waals surface area contributed by atoms with Gasteiger partial charge in [-0.25, -0.2) is 4.98 Å². The fraction of sp³-hybridized carbons (Fsp3) is 0.538. The van der Waals surface area contributed by atoms with Crippen LogP contribution in [0.2, 0.25) is 10.0 Å². The van der Waals surface area contributed by atoms with E-state index in [0.717, 1.165) is 0 Å². The van der Waals surface area contributed by atoms with Crippen LogP contribution in [0, 0.1) is 5.92 Å². The highest BCUT2D eigenvalue weighted by Gasteiger charge is 2.18. The lowest BCUT2D eigenvalue weighted by Gasteiger charge is -2.23. The van der Waals surface area contributed by atoms with E-state index in [0.29, 0.717) is 34.8 Å². The second kappa shape index (κ2) is 7.55. The molecule has 1 heterocycles. The van der Waals surface area contributed by atoms with Crippen molar-refractivity contribution in [2.24, 2.45) is 5.92 Å². The van der Waals surface area contributed by atoms with Crippen LogP contribution in [0.15, 0.2) is 6.07 Å². The Morgan fingerprint density at radius 1 is 1.45 bits per heavy atom. The first-order valence-corrected chi connectivity index (χ1v) is 7.18. The maximum Gasteiger partial charge on any atom is 0.224 e. The van der Waals surface area contributed by atoms with Crippen molar-refractivity contribution >= 4 is 40.7 Å². The molecule has 1 aromatic rings. The Hall–Kier alpha value is -1.20. The number of carbonyl (C=O) groups excluding carboxylic acids is 1. The Morgan fingerprint density at radius 3 is 2.65 bits per heavy atom. The third-order valence-electron chi connectivity index (χ3n) is 2.86. The summed E-state index contributed by atoms with van der Waals surface area (Å²) in [5, 5.41) is 6.64. The van der Waals surface area contributed by atoms with Gasteiger partial charge in [0.05, 0.1) is 16.0 Å². The minimum Gasteiger partial charge on any atom is -0.369 e. The molecule has 1 amide bonds. The summed E-state index contributed by atoms with van der Waals surface area (Å²) in [4.78, 5) is 17.8. The molecule has 1 unspecified atom stereocenters. The fourth-order valence-electron chi connectivity index (χ4n) is 1.84. The van der Waals surface area contributed by atoms with Crippen LogP contribution in [0.5, 0.6) is 0 Å². The summed E-state index contributed by atoms with van der Waals surface area (Å²) in [7, 11) is 3.47. The molecule has 7 heteroatoms. The van der Waals surface area contributed by atoms with Crippen LogP contribution in [-0.2, 0) is 4.79 Å². The molecule has 0 radical (unpaired) electrons. The van der Waals surface area contributed by atoms with Crippen molar-refractivity contribution in [1.82, 2.24) is 10.3 Å². The highest BCUT2D eigenvalue weighted by molar-refractivity contribution is 6.37. The summed E-state index contributed by atoms with van der Waals surface area (Å²) >= 11 is 12.2. The SMILES string of the molecule is CCNc1nc(N(C)CC(C)C(=O)NC)c(Cl)cc1Cl. The second-order valence-corrected chi connectivity index (χ2v) is 5.36. The van der Waals surface area contributed by atoms with Gasteiger partial charge in [-0.2, -0.15) is 0 Å². The molecular weight excluding hydrogens is 299 g/mol. The number of pyridine rings is 1. The van der Waals surface area contributed by atoms with E-state index in [-0.39, 0.29) is 11.8 Å². The zero-order valence-corrected chi connectivity index (χ0v) is 13.6. The average molecular weight is 319 g/mol. The maximum atomic E-state index is 11.6. The van der Waals surface area contributed by atoms with Crippen molar-refractivity contribution in [3.05, 3.63) is 16.1 Å². The molecule has 0 fully saturated rings. The van der Waals surface area contributed by atoms with Gasteiger partial charge in [-0.1, -0.05) is 30.1 Å². The third-order valence-corrected chi connectivity index (χ3v) is 3.42. The molecule has 1 aromatic heterocycles. The first-order chi connectivity index (χ1) is 9.40. The number of carbonyl (C=O) groups is 1. The molecule has 5 nitrogen and oxygen atoms in total. The molecule has 1 rings (SSSR count). The molecule has 20 heavy (non-hydrogen) atoms. The summed E-state index contributed by atoms with van der Waals surface area (Å²) in [6, 6.07) is 1.66. The number of anilines is 2. The van der Waals surface area contributed by atoms with Crippen LogP contribution in [0.1, 0.15) is 13.8 Å². The zero-order valence-electron chi connectivity index (χ0n) is 12.1. The van der Waals surface area contributed by atoms with Gasteiger partial charge in [0.25, 0.3) is 0 Å². The van der Waals surface area contributed by atoms with Crippen LogP contribution in [0.3, 0.4) is 0 Å². The maximum absolute atomic E-state index is 11.6. The number of hydrogen-bond donors (Lipinski definition) is 2. The van der Waals surface area contributed by atoms with Crippen molar-refractivity contribution in [3.63, 3.8) is 0 Å². The lowest BCUT2D eigenvalue weighted by atomic mass is 10.1. The Balaban J connectivity index is 2.94. The minimum atomic E-state index is -0.166. The summed E-state index contributed by atoms with van der Waals surface area (Å²) in [6.45, 7) is 5.04. The highest BCUT2D eigenvalue weighted by atomic mass is 35.5. The molecule has 0 aliphatic rings. The summed E-state index contributed by atoms with van der Waals surface area (Å²) in [6.07, 6.45) is 0. The molecular formula is C13H20Cl2N4O. The van der Waals surface area contributed by atoms with Crippen molar-refractivity contribution in [1.29, 1.82) is 0 Å². The first kappa shape index (κ1) is 16.9. The molecule has 0 spiro atoms. The van der Waals surface area contributed by atoms with E-state index >= 15 is 0 Å². The Bertz CT molecular complexity index is 482. The van der Waals surface area contributed by atoms with Gasteiger partial charge in [-0.15, -0.1) is 0 Å². The quantitative estimate of drug-likeness (QED) is 0.846. The smallest absolute Gasteiger partial charge is 0.224 e. The number of hydrogen-bond acceptors (Lipinski definition) is 4. The molecule has 0 aliphatic carbocycles. The molecule has 0 bridgehead atoms. The van der Waals surface area contributed by atoms with E-state index in [1.165, 1.54) is 0 Å². The van der Waals surface area contributed by atoms with Crippen molar-refractivity contribution in [2.45, 2.75) is 13.8 Å². The lowest BCUT2D eigenvalue weighted by molar-refractivity contribution is -0.123. The molecule has 0 saturated carbocycles. The Morgan fingerprint density at radius 2 is 2.10 bits per heavy atom. The molecule has 112 valence electrons. The topological polar surface area (TPSA) is 57.3 Å². The molecule has 0 aromatic carbocycles. The Kier molecular flexibility index (Phi) is 6.36. The van der Waals surface area contributed by atoms with Crippen LogP contribution in [0.25, 0.3) is 0 Å². The molecule has 0 aliphatic heterocycles. The monoisotopic (exact) mass is 318 g/mol. The van der Waals surface area contributed by atoms with E-state index in [2.05, 4.69) is 15.6 Å². The van der Waals surface area contributed by atoms with Crippen molar-refractivity contribution in [3.8, 4) is 0 Å². The first-order valence-electron chi connectivity index (χ1n) is 6.43. The Labute approximate surface area is 129 Å². The molecule has 2 N–H and O–H groups in total. The zero-order chi connectivity index (χ0) is 15.3. The van der Waals surface area contributed by atoms with Gasteiger partial charge in [-0.05, 0) is 13.0 Å². The van der Waals surface area contributed by atoms with Gasteiger partial charge in [0, 0.05) is 27.2 Å². The number of nitrogens with zero attached hydrogens (tertiary/aromatic N) is 2. The van der Waals surface area contributed by atoms with Crippen LogP contribution >= 0.6 is 23.2 Å². The van der Waals surface area contributed by atoms with E-state index in [1.54, 1.807) is 13.1 Å². The summed E-state index contributed by atoms with van der Waals surface area (Å²) in [5.41, 5.74) is 0. The van der Waals surface area contributed by atoms with Gasteiger partial charge in [0.15, 0.2) is 0 Å². The van der Waals surface area contributed by atoms with Crippen molar-refractivity contribution < 1.29 is 4.79 Å². The van der Waals surface area contributed by atoms with Crippen LogP contribution < -0.4 is 15.5 Å². The van der Waals surface area contributed by atoms with Crippen LogP contribution in [0.4, 0.5) is 11.6 Å². The molecule has 0 saturated heterocycles. The van der Waals surface area contributed by atoms with Gasteiger partial charge in [0.2, 0.25) is 5.91 Å². The number of rotatable bonds is 6. The predicted molar refractivity (Wildman–Crippen MR) is 84.9 cm³/mol. The number of amides is 1. The second-order valence-electron chi connectivity index (χ2n) is 4.55. The standard InChI is InChI=1S/C13H20Cl2N4O/c1-5-17-11-9(14)6-10(15)12(18-11)19(4)7-8(2)13(20)16-3/h6,8H,5,7H2,1-4H3,(H,16,20)(H,17,18). The van der Waals surface area contributed by atoms with E-state index in [1.807, 2.05) is 25.8 Å². The molecule has 1 atom stereocenters.